The average Bonchev–Trinajstić information content (AvgIpc) is 2.46. The first kappa shape index (κ1) is 17.8. The van der Waals surface area contributed by atoms with Crippen LogP contribution < -0.4 is 0 Å². The van der Waals surface area contributed by atoms with E-state index in [0.29, 0.717) is 12.5 Å². The minimum atomic E-state index is -0.706. The number of nitrogens with zero attached hydrogens (tertiary/aromatic N) is 1. The van der Waals surface area contributed by atoms with E-state index in [0.717, 1.165) is 44.1 Å². The van der Waals surface area contributed by atoms with Gasteiger partial charge in [-0.1, -0.05) is 33.6 Å². The second-order valence-electron chi connectivity index (χ2n) is 5.41. The summed E-state index contributed by atoms with van der Waals surface area (Å²) < 4.78 is 26.2. The number of carbonyl (C=O) groups is 1. The Bertz CT molecular complexity index is 438. The summed E-state index contributed by atoms with van der Waals surface area (Å²) in [4.78, 5) is 14.3. The van der Waals surface area contributed by atoms with Crippen LogP contribution in [0.4, 0.5) is 8.78 Å². The van der Waals surface area contributed by atoms with Crippen molar-refractivity contribution < 1.29 is 13.6 Å². The number of carbonyl (C=O) groups excluding carboxylic acids is 1. The molecule has 0 heterocycles. The van der Waals surface area contributed by atoms with Gasteiger partial charge in [-0.05, 0) is 24.6 Å². The third-order valence-corrected chi connectivity index (χ3v) is 3.96. The lowest BCUT2D eigenvalue weighted by atomic mass is 10.0. The van der Waals surface area contributed by atoms with Gasteiger partial charge in [0.15, 0.2) is 5.78 Å². The molecule has 0 aliphatic heterocycles. The molecule has 0 saturated heterocycles. The van der Waals surface area contributed by atoms with Crippen LogP contribution in [0.2, 0.25) is 0 Å². The largest absolute Gasteiger partial charge is 0.303 e. The maximum atomic E-state index is 13.1. The third kappa shape index (κ3) is 5.92. The monoisotopic (exact) mass is 297 g/mol. The molecular weight excluding hydrogens is 272 g/mol. The summed E-state index contributed by atoms with van der Waals surface area (Å²) in [7, 11) is 0. The Morgan fingerprint density at radius 3 is 2.14 bits per heavy atom. The average molecular weight is 297 g/mol. The van der Waals surface area contributed by atoms with E-state index in [-0.39, 0.29) is 17.8 Å². The van der Waals surface area contributed by atoms with E-state index in [9.17, 15) is 13.6 Å². The molecular formula is C17H25F2NO. The molecule has 0 bridgehead atoms. The summed E-state index contributed by atoms with van der Waals surface area (Å²) in [5.41, 5.74) is 0.117. The standard InChI is InChI=1S/C17H25F2NO/c1-4-13(5-2)12-20(6-3)8-7-17(21)14-9-15(18)11-16(19)10-14/h9-11,13H,4-8,12H2,1-3H3. The Morgan fingerprint density at radius 1 is 1.10 bits per heavy atom. The maximum Gasteiger partial charge on any atom is 0.164 e. The highest BCUT2D eigenvalue weighted by molar-refractivity contribution is 5.96. The minimum Gasteiger partial charge on any atom is -0.303 e. The van der Waals surface area contributed by atoms with Crippen molar-refractivity contribution in [3.05, 3.63) is 35.4 Å². The summed E-state index contributed by atoms with van der Waals surface area (Å²) in [6.07, 6.45) is 2.53. The van der Waals surface area contributed by atoms with E-state index in [2.05, 4.69) is 25.7 Å². The van der Waals surface area contributed by atoms with Gasteiger partial charge in [0.05, 0.1) is 0 Å². The van der Waals surface area contributed by atoms with Crippen molar-refractivity contribution >= 4 is 5.78 Å². The van der Waals surface area contributed by atoms with Crippen LogP contribution in [-0.2, 0) is 0 Å². The Morgan fingerprint density at radius 2 is 1.67 bits per heavy atom. The smallest absolute Gasteiger partial charge is 0.164 e. The predicted octanol–water partition coefficient (Wildman–Crippen LogP) is 4.30. The van der Waals surface area contributed by atoms with E-state index < -0.39 is 11.6 Å². The molecule has 21 heavy (non-hydrogen) atoms. The van der Waals surface area contributed by atoms with E-state index in [1.54, 1.807) is 0 Å². The number of halogens is 2. The van der Waals surface area contributed by atoms with Crippen LogP contribution in [0.5, 0.6) is 0 Å². The summed E-state index contributed by atoms with van der Waals surface area (Å²) in [5.74, 6) is -0.992. The minimum absolute atomic E-state index is 0.117. The van der Waals surface area contributed by atoms with Crippen LogP contribution in [-0.4, -0.2) is 30.3 Å². The molecule has 1 rings (SSSR count). The highest BCUT2D eigenvalue weighted by atomic mass is 19.1. The van der Waals surface area contributed by atoms with Gasteiger partial charge in [-0.25, -0.2) is 8.78 Å². The van der Waals surface area contributed by atoms with Crippen LogP contribution in [0, 0.1) is 17.6 Å². The van der Waals surface area contributed by atoms with Crippen LogP contribution in [0.25, 0.3) is 0 Å². The second kappa shape index (κ2) is 8.88. The highest BCUT2D eigenvalue weighted by Gasteiger charge is 2.13. The van der Waals surface area contributed by atoms with Gasteiger partial charge in [0, 0.05) is 31.1 Å². The Kier molecular flexibility index (Phi) is 7.51. The molecule has 0 radical (unpaired) electrons. The zero-order chi connectivity index (χ0) is 15.8. The zero-order valence-corrected chi connectivity index (χ0v) is 13.2. The lowest BCUT2D eigenvalue weighted by Gasteiger charge is -2.24. The number of Topliss-reactive ketones (excluding diaryl/α,β-unsaturated/α-hetero) is 1. The number of benzene rings is 1. The van der Waals surface area contributed by atoms with Crippen molar-refractivity contribution in [2.75, 3.05) is 19.6 Å². The van der Waals surface area contributed by atoms with Gasteiger partial charge in [0.1, 0.15) is 11.6 Å². The van der Waals surface area contributed by atoms with E-state index in [4.69, 9.17) is 0 Å². The first-order valence-electron chi connectivity index (χ1n) is 7.71. The highest BCUT2D eigenvalue weighted by Crippen LogP contribution is 2.13. The molecule has 0 aliphatic rings. The van der Waals surface area contributed by atoms with Gasteiger partial charge >= 0.3 is 0 Å². The topological polar surface area (TPSA) is 20.3 Å². The molecule has 1 aromatic rings. The molecule has 0 atom stereocenters. The van der Waals surface area contributed by atoms with Gasteiger partial charge in [0.25, 0.3) is 0 Å². The van der Waals surface area contributed by atoms with Crippen molar-refractivity contribution in [1.82, 2.24) is 4.90 Å². The molecule has 118 valence electrons. The molecule has 0 fully saturated rings. The van der Waals surface area contributed by atoms with Crippen LogP contribution in [0.1, 0.15) is 50.4 Å². The summed E-state index contributed by atoms with van der Waals surface area (Å²) in [6, 6.07) is 2.98. The molecule has 0 N–H and O–H groups in total. The van der Waals surface area contributed by atoms with Gasteiger partial charge in [-0.2, -0.15) is 0 Å². The summed E-state index contributed by atoms with van der Waals surface area (Å²) in [6.45, 7) is 8.87. The Labute approximate surface area is 126 Å². The fourth-order valence-corrected chi connectivity index (χ4v) is 2.41. The third-order valence-electron chi connectivity index (χ3n) is 3.96. The molecule has 0 amide bonds. The fourth-order valence-electron chi connectivity index (χ4n) is 2.41. The van der Waals surface area contributed by atoms with Crippen LogP contribution in [0.15, 0.2) is 18.2 Å². The predicted molar refractivity (Wildman–Crippen MR) is 81.5 cm³/mol. The molecule has 0 unspecified atom stereocenters. The van der Waals surface area contributed by atoms with Crippen molar-refractivity contribution in [3.8, 4) is 0 Å². The quantitative estimate of drug-likeness (QED) is 0.634. The fraction of sp³-hybridized carbons (Fsp3) is 0.588. The van der Waals surface area contributed by atoms with Crippen LogP contribution in [0.3, 0.4) is 0 Å². The van der Waals surface area contributed by atoms with E-state index in [1.807, 2.05) is 0 Å². The molecule has 0 spiro atoms. The Balaban J connectivity index is 2.57. The number of hydrogen-bond donors (Lipinski definition) is 0. The second-order valence-corrected chi connectivity index (χ2v) is 5.41. The van der Waals surface area contributed by atoms with E-state index in [1.165, 1.54) is 0 Å². The molecule has 1 aromatic carbocycles. The lowest BCUT2D eigenvalue weighted by Crippen LogP contribution is -2.31. The normalized spacial score (nSPS) is 11.4. The number of hydrogen-bond acceptors (Lipinski definition) is 2. The van der Waals surface area contributed by atoms with Gasteiger partial charge in [-0.3, -0.25) is 4.79 Å². The first-order chi connectivity index (χ1) is 9.99. The van der Waals surface area contributed by atoms with E-state index >= 15 is 0 Å². The number of ketones is 1. The van der Waals surface area contributed by atoms with Crippen molar-refractivity contribution in [2.45, 2.75) is 40.0 Å². The summed E-state index contributed by atoms with van der Waals surface area (Å²) >= 11 is 0. The van der Waals surface area contributed by atoms with Crippen molar-refractivity contribution in [1.29, 1.82) is 0 Å². The van der Waals surface area contributed by atoms with Gasteiger partial charge in [0.2, 0.25) is 0 Å². The molecule has 0 aromatic heterocycles. The summed E-state index contributed by atoms with van der Waals surface area (Å²) in [5, 5.41) is 0. The molecule has 0 saturated carbocycles. The van der Waals surface area contributed by atoms with Gasteiger partial charge in [-0.15, -0.1) is 0 Å². The zero-order valence-electron chi connectivity index (χ0n) is 13.2. The SMILES string of the molecule is CCC(CC)CN(CC)CCC(=O)c1cc(F)cc(F)c1. The maximum absolute atomic E-state index is 13.1. The first-order valence-corrected chi connectivity index (χ1v) is 7.71. The Hall–Kier alpha value is -1.29. The van der Waals surface area contributed by atoms with Crippen molar-refractivity contribution in [2.24, 2.45) is 5.92 Å². The van der Waals surface area contributed by atoms with Crippen molar-refractivity contribution in [3.63, 3.8) is 0 Å². The van der Waals surface area contributed by atoms with Crippen LogP contribution >= 0.6 is 0 Å². The molecule has 4 heteroatoms. The lowest BCUT2D eigenvalue weighted by molar-refractivity contribution is 0.0959. The van der Waals surface area contributed by atoms with Gasteiger partial charge < -0.3 is 4.90 Å². The number of rotatable bonds is 9. The molecule has 2 nitrogen and oxygen atoms in total. The molecule has 0 aliphatic carbocycles.